The second-order valence-electron chi connectivity index (χ2n) is 9.69. The van der Waals surface area contributed by atoms with Crippen LogP contribution in [0.4, 0.5) is 0 Å². The number of benzene rings is 1. The number of rotatable bonds is 11. The minimum absolute atomic E-state index is 0.121. The fourth-order valence-electron chi connectivity index (χ4n) is 4.13. The molecule has 1 unspecified atom stereocenters. The summed E-state index contributed by atoms with van der Waals surface area (Å²) in [5.41, 5.74) is 5.47. The summed E-state index contributed by atoms with van der Waals surface area (Å²) in [6, 6.07) is 9.64. The summed E-state index contributed by atoms with van der Waals surface area (Å²) < 4.78 is 5.53. The molecular formula is C26H39N3O5. The quantitative estimate of drug-likeness (QED) is 0.336. The molecule has 1 fully saturated rings. The van der Waals surface area contributed by atoms with Gasteiger partial charge in [0.25, 0.3) is 5.91 Å². The van der Waals surface area contributed by atoms with Crippen LogP contribution in [-0.4, -0.2) is 47.2 Å². The van der Waals surface area contributed by atoms with Crippen molar-refractivity contribution in [1.29, 1.82) is 0 Å². The summed E-state index contributed by atoms with van der Waals surface area (Å²) >= 11 is 0. The third-order valence-corrected chi connectivity index (χ3v) is 5.76. The maximum atomic E-state index is 13.5. The van der Waals surface area contributed by atoms with E-state index < -0.39 is 29.8 Å². The highest BCUT2D eigenvalue weighted by molar-refractivity contribution is 5.89. The van der Waals surface area contributed by atoms with Gasteiger partial charge in [0.2, 0.25) is 11.8 Å². The molecule has 0 bridgehead atoms. The standard InChI is InChI=1S/C26H39N3O5/c1-18(2)16-22(21(25(31)28-33)13-8-12-20-10-6-5-7-11-20)24(30)27-29(17-19(3)4)26(32)23-14-9-15-34-23/h5-8,10-12,18-19,21-23,33H,9,13-17H2,1-4H3,(H,27,30)(H,28,31)/b12-8+/t21-,22+,23?/m0/s1. The van der Waals surface area contributed by atoms with E-state index in [0.29, 0.717) is 26.0 Å². The molecule has 1 aliphatic heterocycles. The van der Waals surface area contributed by atoms with Crippen LogP contribution in [0.25, 0.3) is 6.08 Å². The predicted octanol–water partition coefficient (Wildman–Crippen LogP) is 3.57. The second-order valence-corrected chi connectivity index (χ2v) is 9.69. The lowest BCUT2D eigenvalue weighted by Gasteiger charge is -2.31. The highest BCUT2D eigenvalue weighted by Crippen LogP contribution is 2.26. The lowest BCUT2D eigenvalue weighted by atomic mass is 9.82. The van der Waals surface area contributed by atoms with Crippen molar-refractivity contribution in [2.45, 2.75) is 59.5 Å². The molecule has 1 aliphatic rings. The Bertz CT molecular complexity index is 819. The van der Waals surface area contributed by atoms with Crippen molar-refractivity contribution in [1.82, 2.24) is 15.9 Å². The van der Waals surface area contributed by atoms with Crippen molar-refractivity contribution < 1.29 is 24.3 Å². The predicted molar refractivity (Wildman–Crippen MR) is 130 cm³/mol. The largest absolute Gasteiger partial charge is 0.368 e. The van der Waals surface area contributed by atoms with Crippen LogP contribution in [0.15, 0.2) is 36.4 Å². The molecule has 3 amide bonds. The zero-order chi connectivity index (χ0) is 25.1. The lowest BCUT2D eigenvalue weighted by molar-refractivity contribution is -0.152. The molecule has 2 rings (SSSR count). The summed E-state index contributed by atoms with van der Waals surface area (Å²) in [5.74, 6) is -2.60. The van der Waals surface area contributed by atoms with E-state index in [0.717, 1.165) is 12.0 Å². The monoisotopic (exact) mass is 473 g/mol. The Hall–Kier alpha value is -2.71. The minimum atomic E-state index is -0.800. The zero-order valence-electron chi connectivity index (χ0n) is 20.7. The number of hydrogen-bond acceptors (Lipinski definition) is 5. The number of hydroxylamine groups is 1. The van der Waals surface area contributed by atoms with Crippen LogP contribution in [0.3, 0.4) is 0 Å². The fraction of sp³-hybridized carbons (Fsp3) is 0.577. The van der Waals surface area contributed by atoms with Gasteiger partial charge in [-0.2, -0.15) is 0 Å². The molecular weight excluding hydrogens is 434 g/mol. The van der Waals surface area contributed by atoms with Crippen molar-refractivity contribution in [3.63, 3.8) is 0 Å². The Morgan fingerprint density at radius 3 is 2.35 bits per heavy atom. The Labute approximate surface area is 202 Å². The van der Waals surface area contributed by atoms with E-state index in [-0.39, 0.29) is 24.2 Å². The van der Waals surface area contributed by atoms with Gasteiger partial charge in [-0.05, 0) is 43.1 Å². The van der Waals surface area contributed by atoms with Crippen LogP contribution in [0.1, 0.15) is 58.9 Å². The summed E-state index contributed by atoms with van der Waals surface area (Å²) in [7, 11) is 0. The average molecular weight is 474 g/mol. The number of hydrogen-bond donors (Lipinski definition) is 3. The molecule has 188 valence electrons. The summed E-state index contributed by atoms with van der Waals surface area (Å²) in [6.45, 7) is 8.73. The molecule has 3 N–H and O–H groups in total. The number of hydrazine groups is 1. The van der Waals surface area contributed by atoms with E-state index >= 15 is 0 Å². The van der Waals surface area contributed by atoms with Gasteiger partial charge in [-0.15, -0.1) is 0 Å². The zero-order valence-corrected chi connectivity index (χ0v) is 20.7. The summed E-state index contributed by atoms with van der Waals surface area (Å²) in [4.78, 5) is 39.1. The van der Waals surface area contributed by atoms with Gasteiger partial charge < -0.3 is 4.74 Å². The molecule has 1 saturated heterocycles. The van der Waals surface area contributed by atoms with Crippen molar-refractivity contribution in [2.24, 2.45) is 23.7 Å². The van der Waals surface area contributed by atoms with Gasteiger partial charge in [-0.3, -0.25) is 30.0 Å². The summed E-state index contributed by atoms with van der Waals surface area (Å²) in [6.07, 6.45) is 5.27. The van der Waals surface area contributed by atoms with Crippen molar-refractivity contribution in [2.75, 3.05) is 13.2 Å². The lowest BCUT2D eigenvalue weighted by Crippen LogP contribution is -2.54. The highest BCUT2D eigenvalue weighted by Gasteiger charge is 2.36. The number of nitrogens with one attached hydrogen (secondary N) is 2. The molecule has 1 aromatic rings. The third-order valence-electron chi connectivity index (χ3n) is 5.76. The highest BCUT2D eigenvalue weighted by atomic mass is 16.5. The fourth-order valence-corrected chi connectivity index (χ4v) is 4.13. The van der Waals surface area contributed by atoms with Crippen molar-refractivity contribution >= 4 is 23.8 Å². The van der Waals surface area contributed by atoms with E-state index in [9.17, 15) is 19.6 Å². The Balaban J connectivity index is 2.23. The molecule has 3 atom stereocenters. The topological polar surface area (TPSA) is 108 Å². The number of carbonyl (C=O) groups excluding carboxylic acids is 3. The molecule has 0 saturated carbocycles. The molecule has 0 spiro atoms. The molecule has 8 nitrogen and oxygen atoms in total. The maximum absolute atomic E-state index is 13.5. The van der Waals surface area contributed by atoms with E-state index in [1.807, 2.05) is 70.2 Å². The number of ether oxygens (including phenoxy) is 1. The van der Waals surface area contributed by atoms with Gasteiger partial charge in [0.1, 0.15) is 6.10 Å². The van der Waals surface area contributed by atoms with Gasteiger partial charge in [-0.1, -0.05) is 70.2 Å². The van der Waals surface area contributed by atoms with Gasteiger partial charge in [0.05, 0.1) is 11.8 Å². The average Bonchev–Trinajstić information content (AvgIpc) is 3.34. The van der Waals surface area contributed by atoms with Crippen molar-refractivity contribution in [3.8, 4) is 0 Å². The van der Waals surface area contributed by atoms with E-state index in [1.54, 1.807) is 5.48 Å². The minimum Gasteiger partial charge on any atom is -0.368 e. The Kier molecular flexibility index (Phi) is 11.2. The molecule has 8 heteroatoms. The molecule has 0 aliphatic carbocycles. The van der Waals surface area contributed by atoms with Crippen molar-refractivity contribution in [3.05, 3.63) is 42.0 Å². The van der Waals surface area contributed by atoms with E-state index in [1.165, 1.54) is 5.01 Å². The van der Waals surface area contributed by atoms with Crippen LogP contribution in [0, 0.1) is 23.7 Å². The van der Waals surface area contributed by atoms with Crippen LogP contribution in [0.5, 0.6) is 0 Å². The first-order chi connectivity index (χ1) is 16.2. The van der Waals surface area contributed by atoms with E-state index in [2.05, 4.69) is 5.43 Å². The van der Waals surface area contributed by atoms with Gasteiger partial charge in [0.15, 0.2) is 0 Å². The van der Waals surface area contributed by atoms with Crippen LogP contribution < -0.4 is 10.9 Å². The third kappa shape index (κ3) is 8.57. The van der Waals surface area contributed by atoms with Gasteiger partial charge in [-0.25, -0.2) is 5.48 Å². The van der Waals surface area contributed by atoms with Gasteiger partial charge >= 0.3 is 0 Å². The second kappa shape index (κ2) is 13.9. The van der Waals surface area contributed by atoms with E-state index in [4.69, 9.17) is 4.74 Å². The number of carbonyl (C=O) groups is 3. The summed E-state index contributed by atoms with van der Waals surface area (Å²) in [5, 5.41) is 10.7. The smallest absolute Gasteiger partial charge is 0.270 e. The maximum Gasteiger partial charge on any atom is 0.270 e. The first-order valence-corrected chi connectivity index (χ1v) is 12.1. The first-order valence-electron chi connectivity index (χ1n) is 12.1. The Morgan fingerprint density at radius 1 is 1.09 bits per heavy atom. The molecule has 34 heavy (non-hydrogen) atoms. The van der Waals surface area contributed by atoms with Crippen LogP contribution in [0.2, 0.25) is 0 Å². The molecule has 0 radical (unpaired) electrons. The SMILES string of the molecule is CC(C)C[C@@H](C(=O)NN(CC(C)C)C(=O)C1CCCO1)[C@H](C/C=C/c1ccccc1)C(=O)NO. The number of nitrogens with zero attached hydrogens (tertiary/aromatic N) is 1. The van der Waals surface area contributed by atoms with Crippen LogP contribution in [-0.2, 0) is 19.1 Å². The first kappa shape index (κ1) is 27.5. The molecule has 1 aromatic carbocycles. The normalized spacial score (nSPS) is 17.7. The molecule has 1 heterocycles. The number of allylic oxidation sites excluding steroid dienone is 1. The molecule has 0 aromatic heterocycles. The van der Waals surface area contributed by atoms with Gasteiger partial charge in [0, 0.05) is 13.2 Å². The van der Waals surface area contributed by atoms with Crippen LogP contribution >= 0.6 is 0 Å². The number of amides is 3. The Morgan fingerprint density at radius 2 is 1.79 bits per heavy atom.